The van der Waals surface area contributed by atoms with Crippen LogP contribution in [0.15, 0.2) is 17.2 Å². The van der Waals surface area contributed by atoms with E-state index < -0.39 is 0 Å². The lowest BCUT2D eigenvalue weighted by molar-refractivity contribution is -0.127. The molecule has 6 heteroatoms. The van der Waals surface area contributed by atoms with Crippen molar-refractivity contribution in [2.24, 2.45) is 5.92 Å². The monoisotopic (exact) mass is 266 g/mol. The SMILES string of the molecule is CCN(C)C(=O)CNc1nccn(CC(C)C)c1=O. The van der Waals surface area contributed by atoms with E-state index in [-0.39, 0.29) is 23.8 Å². The minimum absolute atomic E-state index is 0.0667. The molecular weight excluding hydrogens is 244 g/mol. The van der Waals surface area contributed by atoms with Gasteiger partial charge in [0, 0.05) is 32.5 Å². The fourth-order valence-corrected chi connectivity index (χ4v) is 1.58. The van der Waals surface area contributed by atoms with Crippen LogP contribution in [0.1, 0.15) is 20.8 Å². The molecule has 1 rings (SSSR count). The lowest BCUT2D eigenvalue weighted by Gasteiger charge is -2.15. The van der Waals surface area contributed by atoms with Crippen molar-refractivity contribution in [3.63, 3.8) is 0 Å². The maximum atomic E-state index is 12.1. The molecule has 1 amide bonds. The standard InChI is InChI=1S/C13H22N4O2/c1-5-16(4)11(18)8-15-12-13(19)17(7-6-14-12)9-10(2)3/h6-7,10H,5,8-9H2,1-4H3,(H,14,15). The van der Waals surface area contributed by atoms with Crippen LogP contribution in [-0.4, -0.2) is 40.5 Å². The molecule has 0 aliphatic rings. The summed E-state index contributed by atoms with van der Waals surface area (Å²) in [7, 11) is 1.72. The third kappa shape index (κ3) is 4.39. The molecule has 0 bridgehead atoms. The van der Waals surface area contributed by atoms with Gasteiger partial charge in [-0.2, -0.15) is 0 Å². The molecule has 0 aliphatic carbocycles. The average Bonchev–Trinajstić information content (AvgIpc) is 2.38. The van der Waals surface area contributed by atoms with Crippen LogP contribution in [0, 0.1) is 5.92 Å². The van der Waals surface area contributed by atoms with Crippen LogP contribution in [0.4, 0.5) is 5.82 Å². The third-order valence-electron chi connectivity index (χ3n) is 2.78. The van der Waals surface area contributed by atoms with Gasteiger partial charge in [-0.05, 0) is 12.8 Å². The van der Waals surface area contributed by atoms with E-state index in [0.717, 1.165) is 0 Å². The number of carbonyl (C=O) groups excluding carboxylic acids is 1. The van der Waals surface area contributed by atoms with E-state index in [9.17, 15) is 9.59 Å². The summed E-state index contributed by atoms with van der Waals surface area (Å²) in [6.07, 6.45) is 3.23. The number of hydrogen-bond donors (Lipinski definition) is 1. The molecule has 1 aromatic rings. The minimum Gasteiger partial charge on any atom is -0.356 e. The highest BCUT2D eigenvalue weighted by Gasteiger charge is 2.10. The fraction of sp³-hybridized carbons (Fsp3) is 0.615. The van der Waals surface area contributed by atoms with Crippen molar-refractivity contribution >= 4 is 11.7 Å². The molecule has 1 N–H and O–H groups in total. The van der Waals surface area contributed by atoms with Gasteiger partial charge in [0.05, 0.1) is 6.54 Å². The second-order valence-corrected chi connectivity index (χ2v) is 4.89. The van der Waals surface area contributed by atoms with E-state index in [1.807, 2.05) is 20.8 Å². The Kier molecular flexibility index (Phi) is 5.54. The molecule has 0 saturated carbocycles. The van der Waals surface area contributed by atoms with Crippen LogP contribution >= 0.6 is 0 Å². The summed E-state index contributed by atoms with van der Waals surface area (Å²) in [5, 5.41) is 2.81. The topological polar surface area (TPSA) is 67.2 Å². The van der Waals surface area contributed by atoms with Gasteiger partial charge in [-0.1, -0.05) is 13.8 Å². The quantitative estimate of drug-likeness (QED) is 0.826. The summed E-state index contributed by atoms with van der Waals surface area (Å²) in [5.74, 6) is 0.532. The van der Waals surface area contributed by atoms with Gasteiger partial charge in [0.25, 0.3) is 5.56 Å². The van der Waals surface area contributed by atoms with Gasteiger partial charge >= 0.3 is 0 Å². The van der Waals surface area contributed by atoms with Crippen molar-refractivity contribution < 1.29 is 4.79 Å². The lowest BCUT2D eigenvalue weighted by Crippen LogP contribution is -2.34. The lowest BCUT2D eigenvalue weighted by atomic mass is 10.2. The van der Waals surface area contributed by atoms with Gasteiger partial charge < -0.3 is 14.8 Å². The largest absolute Gasteiger partial charge is 0.356 e. The van der Waals surface area contributed by atoms with E-state index in [1.165, 1.54) is 0 Å². The zero-order valence-corrected chi connectivity index (χ0v) is 12.0. The number of likely N-dealkylation sites (N-methyl/N-ethyl adjacent to an activating group) is 1. The second kappa shape index (κ2) is 6.92. The first kappa shape index (κ1) is 15.2. The van der Waals surface area contributed by atoms with E-state index in [2.05, 4.69) is 10.3 Å². The van der Waals surface area contributed by atoms with Crippen molar-refractivity contribution in [3.05, 3.63) is 22.7 Å². The van der Waals surface area contributed by atoms with Crippen LogP contribution in [0.2, 0.25) is 0 Å². The first-order valence-corrected chi connectivity index (χ1v) is 6.49. The summed E-state index contributed by atoms with van der Waals surface area (Å²) in [6.45, 7) is 7.34. The van der Waals surface area contributed by atoms with Crippen LogP contribution in [0.5, 0.6) is 0 Å². The number of nitrogens with zero attached hydrogens (tertiary/aromatic N) is 3. The molecule has 0 unspecified atom stereocenters. The maximum Gasteiger partial charge on any atom is 0.293 e. The Balaban J connectivity index is 2.74. The van der Waals surface area contributed by atoms with Crippen LogP contribution in [-0.2, 0) is 11.3 Å². The predicted octanol–water partition coefficient (Wildman–Crippen LogP) is 0.789. The number of nitrogens with one attached hydrogen (secondary N) is 1. The van der Waals surface area contributed by atoms with Crippen molar-refractivity contribution in [1.29, 1.82) is 0 Å². The molecule has 19 heavy (non-hydrogen) atoms. The molecule has 0 atom stereocenters. The maximum absolute atomic E-state index is 12.1. The first-order valence-electron chi connectivity index (χ1n) is 6.49. The van der Waals surface area contributed by atoms with E-state index in [4.69, 9.17) is 0 Å². The van der Waals surface area contributed by atoms with Gasteiger partial charge in [-0.15, -0.1) is 0 Å². The highest BCUT2D eigenvalue weighted by molar-refractivity contribution is 5.80. The molecule has 1 aromatic heterocycles. The zero-order chi connectivity index (χ0) is 14.4. The van der Waals surface area contributed by atoms with Gasteiger partial charge in [-0.3, -0.25) is 9.59 Å². The first-order chi connectivity index (χ1) is 8.95. The minimum atomic E-state index is -0.192. The van der Waals surface area contributed by atoms with Gasteiger partial charge in [0.15, 0.2) is 5.82 Å². The molecule has 0 fully saturated rings. The molecule has 6 nitrogen and oxygen atoms in total. The van der Waals surface area contributed by atoms with Gasteiger partial charge in [0.1, 0.15) is 0 Å². The van der Waals surface area contributed by atoms with Crippen LogP contribution in [0.25, 0.3) is 0 Å². The number of aromatic nitrogens is 2. The smallest absolute Gasteiger partial charge is 0.293 e. The van der Waals surface area contributed by atoms with Crippen molar-refractivity contribution in [2.75, 3.05) is 25.5 Å². The number of rotatable bonds is 6. The summed E-state index contributed by atoms with van der Waals surface area (Å²) in [6, 6.07) is 0. The summed E-state index contributed by atoms with van der Waals surface area (Å²) in [5.41, 5.74) is -0.192. The molecule has 0 aliphatic heterocycles. The average molecular weight is 266 g/mol. The third-order valence-corrected chi connectivity index (χ3v) is 2.78. The summed E-state index contributed by atoms with van der Waals surface area (Å²) in [4.78, 5) is 29.3. The summed E-state index contributed by atoms with van der Waals surface area (Å²) >= 11 is 0. The Morgan fingerprint density at radius 2 is 2.21 bits per heavy atom. The Morgan fingerprint density at radius 3 is 2.79 bits per heavy atom. The number of amides is 1. The Hall–Kier alpha value is -1.85. The molecule has 106 valence electrons. The van der Waals surface area contributed by atoms with Crippen LogP contribution < -0.4 is 10.9 Å². The highest BCUT2D eigenvalue weighted by Crippen LogP contribution is 1.98. The number of anilines is 1. The van der Waals surface area contributed by atoms with Crippen LogP contribution in [0.3, 0.4) is 0 Å². The van der Waals surface area contributed by atoms with Gasteiger partial charge in [-0.25, -0.2) is 4.98 Å². The molecule has 0 spiro atoms. The van der Waals surface area contributed by atoms with Crippen molar-refractivity contribution in [3.8, 4) is 0 Å². The Labute approximate surface area is 113 Å². The Morgan fingerprint density at radius 1 is 1.53 bits per heavy atom. The second-order valence-electron chi connectivity index (χ2n) is 4.89. The van der Waals surface area contributed by atoms with Crippen molar-refractivity contribution in [2.45, 2.75) is 27.3 Å². The molecule has 1 heterocycles. The zero-order valence-electron chi connectivity index (χ0n) is 12.0. The predicted molar refractivity (Wildman–Crippen MR) is 75.1 cm³/mol. The number of hydrogen-bond acceptors (Lipinski definition) is 4. The molecular formula is C13H22N4O2. The molecule has 0 saturated heterocycles. The van der Waals surface area contributed by atoms with E-state index in [1.54, 1.807) is 28.9 Å². The number of carbonyl (C=O) groups is 1. The normalized spacial score (nSPS) is 10.6. The summed E-state index contributed by atoms with van der Waals surface area (Å²) < 4.78 is 1.61. The molecule has 0 aromatic carbocycles. The van der Waals surface area contributed by atoms with E-state index in [0.29, 0.717) is 19.0 Å². The highest BCUT2D eigenvalue weighted by atomic mass is 16.2. The van der Waals surface area contributed by atoms with E-state index >= 15 is 0 Å². The Bertz CT molecular complexity index is 482. The van der Waals surface area contributed by atoms with Crippen molar-refractivity contribution in [1.82, 2.24) is 14.5 Å². The molecule has 0 radical (unpaired) electrons. The van der Waals surface area contributed by atoms with Gasteiger partial charge in [0.2, 0.25) is 5.91 Å². The fourth-order valence-electron chi connectivity index (χ4n) is 1.58.